The second kappa shape index (κ2) is 8.36. The molecule has 1 atom stereocenters. The van der Waals surface area contributed by atoms with Crippen molar-refractivity contribution in [1.29, 1.82) is 0 Å². The van der Waals surface area contributed by atoms with Crippen molar-refractivity contribution < 1.29 is 23.4 Å². The lowest BCUT2D eigenvalue weighted by molar-refractivity contribution is -0.151. The number of halogens is 2. The molecule has 0 aliphatic rings. The Hall–Kier alpha value is -2.53. The first-order valence-corrected chi connectivity index (χ1v) is 7.46. The van der Waals surface area contributed by atoms with Crippen LogP contribution in [0.3, 0.4) is 0 Å². The van der Waals surface area contributed by atoms with Gasteiger partial charge in [0.2, 0.25) is 0 Å². The average molecular weight is 332 g/mol. The molecule has 126 valence electrons. The molecule has 24 heavy (non-hydrogen) atoms. The predicted molar refractivity (Wildman–Crippen MR) is 86.8 cm³/mol. The summed E-state index contributed by atoms with van der Waals surface area (Å²) in [5, 5.41) is 9.41. The van der Waals surface area contributed by atoms with Crippen LogP contribution in [-0.4, -0.2) is 17.7 Å². The van der Waals surface area contributed by atoms with Crippen LogP contribution in [0.25, 0.3) is 5.57 Å². The summed E-state index contributed by atoms with van der Waals surface area (Å²) in [6.45, 7) is 3.36. The number of benzene rings is 2. The Bertz CT molecular complexity index is 714. The molecule has 0 saturated carbocycles. The molecule has 3 nitrogen and oxygen atoms in total. The van der Waals surface area contributed by atoms with Crippen LogP contribution < -0.4 is 0 Å². The minimum Gasteiger partial charge on any atom is -0.461 e. The van der Waals surface area contributed by atoms with Gasteiger partial charge in [0.1, 0.15) is 18.2 Å². The van der Waals surface area contributed by atoms with Crippen LogP contribution in [0.4, 0.5) is 8.78 Å². The van der Waals surface area contributed by atoms with Crippen LogP contribution in [0.1, 0.15) is 17.5 Å². The van der Waals surface area contributed by atoms with E-state index in [-0.39, 0.29) is 18.6 Å². The molecule has 0 aromatic heterocycles. The van der Waals surface area contributed by atoms with Gasteiger partial charge in [0.05, 0.1) is 12.5 Å². The van der Waals surface area contributed by atoms with E-state index < -0.39 is 30.1 Å². The second-order valence-electron chi connectivity index (χ2n) is 5.40. The molecule has 2 aromatic carbocycles. The normalized spacial score (nSPS) is 11.8. The Kier molecular flexibility index (Phi) is 6.21. The monoisotopic (exact) mass is 332 g/mol. The van der Waals surface area contributed by atoms with E-state index in [0.717, 1.165) is 17.7 Å². The minimum atomic E-state index is -0.856. The SMILES string of the molecule is C=C(C[C@@H](CO)C(=O)OCc1ccccc1)c1ccc(F)cc1F. The number of allylic oxidation sites excluding steroid dienone is 1. The first kappa shape index (κ1) is 17.8. The first-order chi connectivity index (χ1) is 11.5. The quantitative estimate of drug-likeness (QED) is 0.786. The zero-order chi connectivity index (χ0) is 17.5. The summed E-state index contributed by atoms with van der Waals surface area (Å²) in [7, 11) is 0. The van der Waals surface area contributed by atoms with Crippen LogP contribution in [0.5, 0.6) is 0 Å². The third kappa shape index (κ3) is 4.73. The summed E-state index contributed by atoms with van der Waals surface area (Å²) in [5.74, 6) is -2.89. The number of rotatable bonds is 7. The number of carbonyl (C=O) groups is 1. The molecule has 2 rings (SSSR count). The topological polar surface area (TPSA) is 46.5 Å². The van der Waals surface area contributed by atoms with E-state index in [1.54, 1.807) is 0 Å². The molecule has 1 N–H and O–H groups in total. The Morgan fingerprint density at radius 3 is 2.50 bits per heavy atom. The molecule has 0 unspecified atom stereocenters. The molecular weight excluding hydrogens is 314 g/mol. The van der Waals surface area contributed by atoms with Crippen molar-refractivity contribution in [2.75, 3.05) is 6.61 Å². The van der Waals surface area contributed by atoms with Gasteiger partial charge in [-0.25, -0.2) is 8.78 Å². The lowest BCUT2D eigenvalue weighted by Crippen LogP contribution is -2.21. The third-order valence-electron chi connectivity index (χ3n) is 3.58. The summed E-state index contributed by atoms with van der Waals surface area (Å²) < 4.78 is 31.9. The van der Waals surface area contributed by atoms with Gasteiger partial charge in [-0.15, -0.1) is 0 Å². The summed E-state index contributed by atoms with van der Waals surface area (Å²) in [5.41, 5.74) is 1.24. The Labute approximate surface area is 139 Å². The number of hydrogen-bond donors (Lipinski definition) is 1. The molecule has 0 aliphatic heterocycles. The Morgan fingerprint density at radius 1 is 1.17 bits per heavy atom. The van der Waals surface area contributed by atoms with E-state index in [0.29, 0.717) is 5.57 Å². The van der Waals surface area contributed by atoms with E-state index in [1.165, 1.54) is 6.07 Å². The molecule has 0 bridgehead atoms. The van der Waals surface area contributed by atoms with E-state index >= 15 is 0 Å². The van der Waals surface area contributed by atoms with E-state index in [1.807, 2.05) is 30.3 Å². The highest BCUT2D eigenvalue weighted by Crippen LogP contribution is 2.25. The van der Waals surface area contributed by atoms with Crippen LogP contribution in [0.2, 0.25) is 0 Å². The summed E-state index contributed by atoms with van der Waals surface area (Å²) in [6.07, 6.45) is 0.0205. The third-order valence-corrected chi connectivity index (χ3v) is 3.58. The summed E-state index contributed by atoms with van der Waals surface area (Å²) in [6, 6.07) is 12.3. The van der Waals surface area contributed by atoms with Crippen LogP contribution in [-0.2, 0) is 16.1 Å². The fourth-order valence-electron chi connectivity index (χ4n) is 2.25. The molecule has 0 fully saturated rings. The van der Waals surface area contributed by atoms with Crippen molar-refractivity contribution in [3.8, 4) is 0 Å². The van der Waals surface area contributed by atoms with Gasteiger partial charge in [-0.2, -0.15) is 0 Å². The highest BCUT2D eigenvalue weighted by molar-refractivity contribution is 5.76. The van der Waals surface area contributed by atoms with Crippen molar-refractivity contribution in [1.82, 2.24) is 0 Å². The number of esters is 1. The lowest BCUT2D eigenvalue weighted by Gasteiger charge is -2.15. The van der Waals surface area contributed by atoms with E-state index in [4.69, 9.17) is 4.74 Å². The predicted octanol–water partition coefficient (Wildman–Crippen LogP) is 3.72. The van der Waals surface area contributed by atoms with E-state index in [9.17, 15) is 18.7 Å². The molecule has 0 saturated heterocycles. The van der Waals surface area contributed by atoms with Crippen LogP contribution in [0.15, 0.2) is 55.1 Å². The minimum absolute atomic E-state index is 0.0205. The zero-order valence-electron chi connectivity index (χ0n) is 13.0. The number of aliphatic hydroxyl groups excluding tert-OH is 1. The number of aliphatic hydroxyl groups is 1. The lowest BCUT2D eigenvalue weighted by atomic mass is 9.95. The molecule has 0 heterocycles. The van der Waals surface area contributed by atoms with Crippen molar-refractivity contribution in [2.45, 2.75) is 13.0 Å². The van der Waals surface area contributed by atoms with Gasteiger partial charge in [-0.05, 0) is 29.7 Å². The Balaban J connectivity index is 1.97. The van der Waals surface area contributed by atoms with Crippen molar-refractivity contribution >= 4 is 11.5 Å². The Morgan fingerprint density at radius 2 is 1.88 bits per heavy atom. The first-order valence-electron chi connectivity index (χ1n) is 7.46. The van der Waals surface area contributed by atoms with Gasteiger partial charge >= 0.3 is 5.97 Å². The highest BCUT2D eigenvalue weighted by Gasteiger charge is 2.22. The maximum Gasteiger partial charge on any atom is 0.311 e. The zero-order valence-corrected chi connectivity index (χ0v) is 13.0. The number of hydrogen-bond acceptors (Lipinski definition) is 3. The van der Waals surface area contributed by atoms with E-state index in [2.05, 4.69) is 6.58 Å². The number of ether oxygens (including phenoxy) is 1. The van der Waals surface area contributed by atoms with Crippen molar-refractivity contribution in [3.05, 3.63) is 77.9 Å². The smallest absolute Gasteiger partial charge is 0.311 e. The fraction of sp³-hybridized carbons (Fsp3) is 0.211. The molecule has 0 radical (unpaired) electrons. The molecule has 0 aliphatic carbocycles. The summed E-state index contributed by atoms with van der Waals surface area (Å²) in [4.78, 5) is 12.1. The molecular formula is C19H18F2O3. The van der Waals surface area contributed by atoms with Gasteiger partial charge in [0.15, 0.2) is 0 Å². The number of carbonyl (C=O) groups excluding carboxylic acids is 1. The highest BCUT2D eigenvalue weighted by atomic mass is 19.1. The maximum atomic E-state index is 13.7. The molecule has 0 amide bonds. The van der Waals surface area contributed by atoms with Gasteiger partial charge in [0.25, 0.3) is 0 Å². The standard InChI is InChI=1S/C19H18F2O3/c1-13(17-8-7-16(20)10-18(17)21)9-15(11-22)19(23)24-12-14-5-3-2-4-6-14/h2-8,10,15,22H,1,9,11-12H2/t15-/m0/s1. The fourth-order valence-corrected chi connectivity index (χ4v) is 2.25. The largest absolute Gasteiger partial charge is 0.461 e. The van der Waals surface area contributed by atoms with Crippen molar-refractivity contribution in [2.24, 2.45) is 5.92 Å². The molecule has 2 aromatic rings. The van der Waals surface area contributed by atoms with Gasteiger partial charge < -0.3 is 9.84 Å². The second-order valence-corrected chi connectivity index (χ2v) is 5.40. The van der Waals surface area contributed by atoms with Gasteiger partial charge in [0, 0.05) is 11.6 Å². The van der Waals surface area contributed by atoms with Crippen LogP contribution >= 0.6 is 0 Å². The van der Waals surface area contributed by atoms with Gasteiger partial charge in [-0.1, -0.05) is 36.9 Å². The van der Waals surface area contributed by atoms with Gasteiger partial charge in [-0.3, -0.25) is 4.79 Å². The summed E-state index contributed by atoms with van der Waals surface area (Å²) >= 11 is 0. The molecule has 0 spiro atoms. The maximum absolute atomic E-state index is 13.7. The molecule has 5 heteroatoms. The van der Waals surface area contributed by atoms with Crippen molar-refractivity contribution in [3.63, 3.8) is 0 Å². The van der Waals surface area contributed by atoms with Crippen LogP contribution in [0, 0.1) is 17.6 Å². The average Bonchev–Trinajstić information content (AvgIpc) is 2.58.